The summed E-state index contributed by atoms with van der Waals surface area (Å²) in [5.74, 6) is 0. The highest BCUT2D eigenvalue weighted by atomic mass is 14.6. The van der Waals surface area contributed by atoms with E-state index in [9.17, 15) is 0 Å². The third-order valence-electron chi connectivity index (χ3n) is 4.70. The van der Waals surface area contributed by atoms with E-state index in [0.29, 0.717) is 0 Å². The summed E-state index contributed by atoms with van der Waals surface area (Å²) in [5, 5.41) is 2.47. The van der Waals surface area contributed by atoms with E-state index >= 15 is 0 Å². The Labute approximate surface area is 117 Å². The molecule has 0 aromatic carbocycles. The van der Waals surface area contributed by atoms with Gasteiger partial charge in [-0.25, -0.2) is 0 Å². The number of allylic oxidation sites excluding steroid dienone is 9. The number of aromatic nitrogens is 1. The first kappa shape index (κ1) is 10.4. The molecular weight excluding hydrogens is 242 g/mol. The Morgan fingerprint density at radius 2 is 2.05 bits per heavy atom. The number of rotatable bonds is 0. The Bertz CT molecular complexity index is 919. The molecule has 1 aromatic rings. The molecule has 0 fully saturated rings. The van der Waals surface area contributed by atoms with Crippen LogP contribution >= 0.6 is 0 Å². The second-order valence-corrected chi connectivity index (χ2v) is 5.68. The fraction of sp³-hybridized carbons (Fsp3) is 0.105. The highest BCUT2D eigenvalue weighted by molar-refractivity contribution is 5.89. The molecule has 4 aliphatic rings. The molecule has 4 aliphatic carbocycles. The van der Waals surface area contributed by atoms with Crippen molar-refractivity contribution in [2.75, 3.05) is 0 Å². The molecule has 1 heterocycles. The number of pyridine rings is 1. The van der Waals surface area contributed by atoms with Crippen molar-refractivity contribution in [2.24, 2.45) is 5.41 Å². The van der Waals surface area contributed by atoms with Crippen molar-refractivity contribution in [3.63, 3.8) is 0 Å². The van der Waals surface area contributed by atoms with Crippen molar-refractivity contribution in [1.29, 1.82) is 0 Å². The largest absolute Gasteiger partial charge is 0.257 e. The zero-order chi connectivity index (χ0) is 13.2. The summed E-state index contributed by atoms with van der Waals surface area (Å²) in [4.78, 5) is 4.57. The fourth-order valence-electron chi connectivity index (χ4n) is 3.85. The summed E-state index contributed by atoms with van der Waals surface area (Å²) in [6.45, 7) is 0. The Morgan fingerprint density at radius 1 is 1.10 bits per heavy atom. The van der Waals surface area contributed by atoms with E-state index in [1.165, 1.54) is 27.5 Å². The summed E-state index contributed by atoms with van der Waals surface area (Å²) in [6.07, 6.45) is 23.1. The molecule has 20 heavy (non-hydrogen) atoms. The normalized spacial score (nSPS) is 27.3. The van der Waals surface area contributed by atoms with Gasteiger partial charge in [0.2, 0.25) is 0 Å². The van der Waals surface area contributed by atoms with Gasteiger partial charge in [0, 0.05) is 11.4 Å². The fourth-order valence-corrected chi connectivity index (χ4v) is 3.85. The maximum absolute atomic E-state index is 4.57. The smallest absolute Gasteiger partial charge is 0.0674 e. The molecule has 1 heteroatoms. The van der Waals surface area contributed by atoms with E-state index in [0.717, 1.165) is 11.8 Å². The van der Waals surface area contributed by atoms with Gasteiger partial charge in [-0.3, -0.25) is 4.98 Å². The first-order chi connectivity index (χ1) is 9.88. The average Bonchev–Trinajstić information content (AvgIpc) is 2.50. The van der Waals surface area contributed by atoms with Crippen LogP contribution in [0.3, 0.4) is 0 Å². The van der Waals surface area contributed by atoms with Gasteiger partial charge < -0.3 is 0 Å². The van der Waals surface area contributed by atoms with Crippen LogP contribution in [0.1, 0.15) is 12.0 Å². The van der Waals surface area contributed by atoms with Crippen molar-refractivity contribution < 1.29 is 0 Å². The van der Waals surface area contributed by atoms with Crippen LogP contribution in [0.2, 0.25) is 0 Å². The molecule has 0 bridgehead atoms. The molecule has 1 unspecified atom stereocenters. The summed E-state index contributed by atoms with van der Waals surface area (Å²) in [6, 6.07) is 2.13. The lowest BCUT2D eigenvalue weighted by atomic mass is 9.62. The van der Waals surface area contributed by atoms with Crippen LogP contribution in [-0.2, 0) is 0 Å². The van der Waals surface area contributed by atoms with E-state index in [1.54, 1.807) is 0 Å². The van der Waals surface area contributed by atoms with Gasteiger partial charge in [0.1, 0.15) is 0 Å². The summed E-state index contributed by atoms with van der Waals surface area (Å²) in [5.41, 5.74) is 5.47. The van der Waals surface area contributed by atoms with E-state index in [4.69, 9.17) is 0 Å². The first-order valence-electron chi connectivity index (χ1n) is 7.05. The Balaban J connectivity index is 2.07. The van der Waals surface area contributed by atoms with Gasteiger partial charge in [-0.1, -0.05) is 48.6 Å². The summed E-state index contributed by atoms with van der Waals surface area (Å²) < 4.78 is 0. The van der Waals surface area contributed by atoms with E-state index in [1.807, 2.05) is 6.20 Å². The maximum Gasteiger partial charge on any atom is 0.0674 e. The van der Waals surface area contributed by atoms with Gasteiger partial charge in [-0.2, -0.15) is 0 Å². The molecule has 0 saturated carbocycles. The minimum atomic E-state index is -0.0716. The standard InChI is InChI=1S/C19H13N/c1-2-9-19-10-3-4-13-6-7-16-17(18(13)19)14(8-11-20-16)12-15(19)5-1/h1-5,7-12H,6H2. The van der Waals surface area contributed by atoms with Crippen LogP contribution in [0.25, 0.3) is 17.7 Å². The average molecular weight is 255 g/mol. The van der Waals surface area contributed by atoms with Crippen LogP contribution in [-0.4, -0.2) is 4.98 Å². The van der Waals surface area contributed by atoms with Crippen molar-refractivity contribution in [1.82, 2.24) is 4.98 Å². The molecule has 0 amide bonds. The lowest BCUT2D eigenvalue weighted by Gasteiger charge is -2.40. The second kappa shape index (κ2) is 3.37. The van der Waals surface area contributed by atoms with Crippen LogP contribution in [0, 0.1) is 5.41 Å². The summed E-state index contributed by atoms with van der Waals surface area (Å²) >= 11 is 0. The highest BCUT2D eigenvalue weighted by Gasteiger charge is 2.39. The minimum Gasteiger partial charge on any atom is -0.257 e. The molecule has 1 spiro atoms. The van der Waals surface area contributed by atoms with Crippen molar-refractivity contribution in [3.05, 3.63) is 82.1 Å². The zero-order valence-electron chi connectivity index (χ0n) is 11.0. The topological polar surface area (TPSA) is 12.9 Å². The van der Waals surface area contributed by atoms with Crippen molar-refractivity contribution >= 4 is 17.7 Å². The maximum atomic E-state index is 4.57. The Kier molecular flexibility index (Phi) is 1.75. The van der Waals surface area contributed by atoms with E-state index < -0.39 is 0 Å². The predicted octanol–water partition coefficient (Wildman–Crippen LogP) is 2.42. The molecule has 0 radical (unpaired) electrons. The lowest BCUT2D eigenvalue weighted by molar-refractivity contribution is 0.771. The van der Waals surface area contributed by atoms with E-state index in [2.05, 4.69) is 65.7 Å². The molecule has 1 nitrogen and oxygen atoms in total. The quantitative estimate of drug-likeness (QED) is 0.694. The van der Waals surface area contributed by atoms with Gasteiger partial charge in [0.15, 0.2) is 0 Å². The van der Waals surface area contributed by atoms with Crippen LogP contribution in [0.4, 0.5) is 0 Å². The van der Waals surface area contributed by atoms with Crippen LogP contribution < -0.4 is 10.6 Å². The van der Waals surface area contributed by atoms with Crippen molar-refractivity contribution in [2.45, 2.75) is 6.42 Å². The zero-order valence-corrected chi connectivity index (χ0v) is 11.0. The molecule has 1 atom stereocenters. The van der Waals surface area contributed by atoms with Gasteiger partial charge in [-0.05, 0) is 40.8 Å². The SMILES string of the molecule is C1=CC2=Cc3ccnc4c3=C3C(=CC=CC23C=C1)CC=4. The summed E-state index contributed by atoms with van der Waals surface area (Å²) in [7, 11) is 0. The molecule has 1 aromatic heterocycles. The lowest BCUT2D eigenvalue weighted by Crippen LogP contribution is -2.43. The Morgan fingerprint density at radius 3 is 3.05 bits per heavy atom. The third kappa shape index (κ3) is 1.07. The highest BCUT2D eigenvalue weighted by Crippen LogP contribution is 2.50. The second-order valence-electron chi connectivity index (χ2n) is 5.68. The molecule has 94 valence electrons. The van der Waals surface area contributed by atoms with Gasteiger partial charge in [0.05, 0.1) is 10.8 Å². The van der Waals surface area contributed by atoms with Crippen LogP contribution in [0.5, 0.6) is 0 Å². The van der Waals surface area contributed by atoms with Crippen molar-refractivity contribution in [3.8, 4) is 0 Å². The number of hydrogen-bond acceptors (Lipinski definition) is 1. The number of hydrogen-bond donors (Lipinski definition) is 0. The van der Waals surface area contributed by atoms with Gasteiger partial charge >= 0.3 is 0 Å². The predicted molar refractivity (Wildman–Crippen MR) is 81.9 cm³/mol. The van der Waals surface area contributed by atoms with Gasteiger partial charge in [-0.15, -0.1) is 0 Å². The van der Waals surface area contributed by atoms with Gasteiger partial charge in [0.25, 0.3) is 0 Å². The minimum absolute atomic E-state index is 0.0716. The third-order valence-corrected chi connectivity index (χ3v) is 4.70. The number of nitrogens with zero attached hydrogens (tertiary/aromatic N) is 1. The molecule has 0 saturated heterocycles. The first-order valence-corrected chi connectivity index (χ1v) is 7.05. The molecular formula is C19H13N. The molecule has 0 aliphatic heterocycles. The Hall–Kier alpha value is -2.41. The molecule has 5 rings (SSSR count). The monoisotopic (exact) mass is 255 g/mol. The van der Waals surface area contributed by atoms with E-state index in [-0.39, 0.29) is 5.41 Å². The molecule has 0 N–H and O–H groups in total. The van der Waals surface area contributed by atoms with Crippen LogP contribution in [0.15, 0.2) is 65.9 Å².